The van der Waals surface area contributed by atoms with Crippen LogP contribution in [0.4, 0.5) is 0 Å². The summed E-state index contributed by atoms with van der Waals surface area (Å²) < 4.78 is 33.0. The molecule has 0 radical (unpaired) electrons. The van der Waals surface area contributed by atoms with Crippen LogP contribution in [-0.4, -0.2) is 39.0 Å². The summed E-state index contributed by atoms with van der Waals surface area (Å²) in [7, 11) is -2.00. The van der Waals surface area contributed by atoms with Crippen LogP contribution in [0, 0.1) is 0 Å². The van der Waals surface area contributed by atoms with E-state index in [0.717, 1.165) is 12.1 Å². The van der Waals surface area contributed by atoms with Crippen molar-refractivity contribution in [2.75, 3.05) is 19.5 Å². The molecular formula is C10H14O6S. The first-order valence-corrected chi connectivity index (χ1v) is 6.67. The fourth-order valence-corrected chi connectivity index (χ4v) is 2.52. The summed E-state index contributed by atoms with van der Waals surface area (Å²) >= 11 is 0. The molecule has 1 N–H and O–H groups in total. The Labute approximate surface area is 99.1 Å². The smallest absolute Gasteiger partial charge is 0.371 e. The van der Waals surface area contributed by atoms with Crippen molar-refractivity contribution in [2.45, 2.75) is 17.9 Å². The van der Waals surface area contributed by atoms with Crippen LogP contribution < -0.4 is 0 Å². The fraction of sp³-hybridized carbons (Fsp3) is 0.500. The van der Waals surface area contributed by atoms with Gasteiger partial charge >= 0.3 is 5.97 Å². The van der Waals surface area contributed by atoms with Gasteiger partial charge in [-0.15, -0.1) is 0 Å². The zero-order chi connectivity index (χ0) is 12.9. The Hall–Kier alpha value is -1.34. The Morgan fingerprint density at radius 3 is 2.65 bits per heavy atom. The zero-order valence-electron chi connectivity index (χ0n) is 9.38. The van der Waals surface area contributed by atoms with Crippen LogP contribution in [0.1, 0.15) is 23.4 Å². The molecule has 0 bridgehead atoms. The number of methoxy groups -OCH3 is 1. The van der Waals surface area contributed by atoms with Crippen molar-refractivity contribution >= 4 is 15.8 Å². The largest absolute Gasteiger partial charge is 0.475 e. The Balaban J connectivity index is 2.66. The van der Waals surface area contributed by atoms with E-state index in [4.69, 9.17) is 14.3 Å². The molecule has 0 aliphatic rings. The molecule has 0 unspecified atom stereocenters. The number of rotatable bonds is 7. The molecule has 96 valence electrons. The Morgan fingerprint density at radius 1 is 1.41 bits per heavy atom. The lowest BCUT2D eigenvalue weighted by Gasteiger charge is -2.00. The Kier molecular flexibility index (Phi) is 4.71. The van der Waals surface area contributed by atoms with Gasteiger partial charge in [0.05, 0.1) is 5.75 Å². The number of sulfone groups is 1. The van der Waals surface area contributed by atoms with E-state index in [2.05, 4.69) is 0 Å². The quantitative estimate of drug-likeness (QED) is 0.741. The molecule has 0 saturated carbocycles. The van der Waals surface area contributed by atoms with Gasteiger partial charge in [0.1, 0.15) is 0 Å². The van der Waals surface area contributed by atoms with Gasteiger partial charge < -0.3 is 14.3 Å². The fourth-order valence-electron chi connectivity index (χ4n) is 1.24. The van der Waals surface area contributed by atoms with Gasteiger partial charge in [-0.3, -0.25) is 0 Å². The number of hydrogen-bond donors (Lipinski definition) is 1. The number of carboxylic acids is 1. The summed E-state index contributed by atoms with van der Waals surface area (Å²) in [6, 6.07) is 2.29. The highest BCUT2D eigenvalue weighted by molar-refractivity contribution is 7.91. The topological polar surface area (TPSA) is 93.8 Å². The van der Waals surface area contributed by atoms with Gasteiger partial charge in [-0.05, 0) is 25.0 Å². The van der Waals surface area contributed by atoms with Crippen molar-refractivity contribution in [3.05, 3.63) is 17.9 Å². The highest BCUT2D eigenvalue weighted by Gasteiger charge is 2.20. The molecule has 0 aliphatic carbocycles. The average molecular weight is 262 g/mol. The molecule has 0 aliphatic heterocycles. The molecule has 17 heavy (non-hydrogen) atoms. The number of carboxylic acid groups (broad SMARTS) is 1. The first-order valence-electron chi connectivity index (χ1n) is 5.02. The molecule has 0 atom stereocenters. The van der Waals surface area contributed by atoms with Gasteiger partial charge in [0.25, 0.3) is 0 Å². The van der Waals surface area contributed by atoms with Crippen molar-refractivity contribution in [3.8, 4) is 0 Å². The van der Waals surface area contributed by atoms with Crippen LogP contribution in [0.15, 0.2) is 21.6 Å². The van der Waals surface area contributed by atoms with E-state index in [0.29, 0.717) is 19.4 Å². The van der Waals surface area contributed by atoms with E-state index < -0.39 is 15.8 Å². The molecule has 1 aromatic rings. The second-order valence-electron chi connectivity index (χ2n) is 3.44. The molecule has 6 nitrogen and oxygen atoms in total. The first kappa shape index (κ1) is 13.7. The molecule has 0 fully saturated rings. The number of ether oxygens (including phenoxy) is 1. The molecular weight excluding hydrogens is 248 g/mol. The number of aromatic carboxylic acids is 1. The van der Waals surface area contributed by atoms with Crippen LogP contribution in [0.25, 0.3) is 0 Å². The SMILES string of the molecule is COCCCCS(=O)(=O)c1ccc(C(=O)O)o1. The molecule has 1 heterocycles. The number of furan rings is 1. The van der Waals surface area contributed by atoms with E-state index in [9.17, 15) is 13.2 Å². The lowest BCUT2D eigenvalue weighted by atomic mass is 10.4. The van der Waals surface area contributed by atoms with Gasteiger partial charge in [-0.25, -0.2) is 13.2 Å². The Morgan fingerprint density at radius 2 is 2.12 bits per heavy atom. The standard InChI is InChI=1S/C10H14O6S/c1-15-6-2-3-7-17(13,14)9-5-4-8(16-9)10(11)12/h4-5H,2-3,6-7H2,1H3,(H,11,12). The van der Waals surface area contributed by atoms with Gasteiger partial charge in [0.2, 0.25) is 20.7 Å². The highest BCUT2D eigenvalue weighted by Crippen LogP contribution is 2.16. The van der Waals surface area contributed by atoms with Crippen LogP contribution in [0.2, 0.25) is 0 Å². The van der Waals surface area contributed by atoms with Crippen molar-refractivity contribution in [3.63, 3.8) is 0 Å². The lowest BCUT2D eigenvalue weighted by molar-refractivity contribution is 0.0656. The second kappa shape index (κ2) is 5.83. The molecule has 0 saturated heterocycles. The first-order chi connectivity index (χ1) is 7.97. The number of hydrogen-bond acceptors (Lipinski definition) is 5. The Bertz CT molecular complexity index is 473. The van der Waals surface area contributed by atoms with Crippen LogP contribution >= 0.6 is 0 Å². The predicted octanol–water partition coefficient (Wildman–Crippen LogP) is 1.18. The molecule has 0 aromatic carbocycles. The maximum Gasteiger partial charge on any atom is 0.371 e. The monoisotopic (exact) mass is 262 g/mol. The summed E-state index contributed by atoms with van der Waals surface area (Å²) in [5.74, 6) is -1.74. The summed E-state index contributed by atoms with van der Waals surface area (Å²) in [5, 5.41) is 8.31. The minimum Gasteiger partial charge on any atom is -0.475 e. The number of carbonyl (C=O) groups is 1. The maximum atomic E-state index is 11.7. The summed E-state index contributed by atoms with van der Waals surface area (Å²) in [4.78, 5) is 10.5. The third kappa shape index (κ3) is 3.86. The molecule has 1 rings (SSSR count). The molecule has 1 aromatic heterocycles. The van der Waals surface area contributed by atoms with Crippen molar-refractivity contribution < 1.29 is 27.5 Å². The normalized spacial score (nSPS) is 11.6. The lowest BCUT2D eigenvalue weighted by Crippen LogP contribution is -2.07. The minimum absolute atomic E-state index is 0.0804. The molecule has 7 heteroatoms. The van der Waals surface area contributed by atoms with E-state index in [1.54, 1.807) is 7.11 Å². The summed E-state index contributed by atoms with van der Waals surface area (Å²) in [5.41, 5.74) is 0. The van der Waals surface area contributed by atoms with Crippen LogP contribution in [-0.2, 0) is 14.6 Å². The van der Waals surface area contributed by atoms with Gasteiger partial charge in [0, 0.05) is 13.7 Å². The van der Waals surface area contributed by atoms with Crippen LogP contribution in [0.5, 0.6) is 0 Å². The zero-order valence-corrected chi connectivity index (χ0v) is 10.2. The van der Waals surface area contributed by atoms with Crippen molar-refractivity contribution in [1.82, 2.24) is 0 Å². The van der Waals surface area contributed by atoms with E-state index in [1.165, 1.54) is 0 Å². The summed E-state index contributed by atoms with van der Waals surface area (Å²) in [6.45, 7) is 0.494. The summed E-state index contributed by atoms with van der Waals surface area (Å²) in [6.07, 6.45) is 1.07. The van der Waals surface area contributed by atoms with Crippen LogP contribution in [0.3, 0.4) is 0 Å². The number of unbranched alkanes of at least 4 members (excludes halogenated alkanes) is 1. The van der Waals surface area contributed by atoms with E-state index >= 15 is 0 Å². The maximum absolute atomic E-state index is 11.7. The highest BCUT2D eigenvalue weighted by atomic mass is 32.2. The van der Waals surface area contributed by atoms with Crippen molar-refractivity contribution in [1.29, 1.82) is 0 Å². The van der Waals surface area contributed by atoms with Crippen molar-refractivity contribution in [2.24, 2.45) is 0 Å². The molecule has 0 spiro atoms. The second-order valence-corrected chi connectivity index (χ2v) is 5.48. The third-order valence-electron chi connectivity index (χ3n) is 2.11. The van der Waals surface area contributed by atoms with Gasteiger partial charge in [-0.2, -0.15) is 0 Å². The van der Waals surface area contributed by atoms with Gasteiger partial charge in [0.15, 0.2) is 0 Å². The third-order valence-corrected chi connectivity index (χ3v) is 3.77. The average Bonchev–Trinajstić information content (AvgIpc) is 2.74. The van der Waals surface area contributed by atoms with Gasteiger partial charge in [-0.1, -0.05) is 0 Å². The predicted molar refractivity (Wildman–Crippen MR) is 58.8 cm³/mol. The molecule has 0 amide bonds. The van der Waals surface area contributed by atoms with E-state index in [-0.39, 0.29) is 16.6 Å². The minimum atomic E-state index is -3.54. The van der Waals surface area contributed by atoms with E-state index in [1.807, 2.05) is 0 Å².